The average molecular weight is 248 g/mol. The highest BCUT2D eigenvalue weighted by Gasteiger charge is 2.22. The molecule has 100 valence electrons. The van der Waals surface area contributed by atoms with Crippen molar-refractivity contribution < 1.29 is 0 Å². The quantitative estimate of drug-likeness (QED) is 0.889. The van der Waals surface area contributed by atoms with E-state index in [1.165, 1.54) is 32.1 Å². The first-order valence-corrected chi connectivity index (χ1v) is 7.05. The molecule has 0 radical (unpaired) electrons. The van der Waals surface area contributed by atoms with E-state index in [0.717, 1.165) is 23.8 Å². The minimum absolute atomic E-state index is 0.516. The van der Waals surface area contributed by atoms with Gasteiger partial charge in [0.2, 0.25) is 5.95 Å². The van der Waals surface area contributed by atoms with Gasteiger partial charge in [-0.25, -0.2) is 9.97 Å². The van der Waals surface area contributed by atoms with Gasteiger partial charge in [-0.1, -0.05) is 19.3 Å². The second-order valence-corrected chi connectivity index (χ2v) is 5.06. The van der Waals surface area contributed by atoms with E-state index in [-0.39, 0.29) is 0 Å². The molecule has 2 N–H and O–H groups in total. The van der Waals surface area contributed by atoms with Crippen molar-refractivity contribution in [3.8, 4) is 0 Å². The third-order valence-electron chi connectivity index (χ3n) is 3.90. The molecular formula is C14H24N4. The molecule has 1 saturated carbocycles. The summed E-state index contributed by atoms with van der Waals surface area (Å²) in [6.07, 6.45) is 8.47. The lowest BCUT2D eigenvalue weighted by molar-refractivity contribution is 0.414. The zero-order valence-corrected chi connectivity index (χ0v) is 11.5. The van der Waals surface area contributed by atoms with Gasteiger partial charge in [-0.15, -0.1) is 0 Å². The number of nitrogens with zero attached hydrogens (tertiary/aromatic N) is 3. The van der Waals surface area contributed by atoms with E-state index in [4.69, 9.17) is 5.73 Å². The molecule has 1 aromatic rings. The number of aryl methyl sites for hydroxylation is 1. The Balaban J connectivity index is 2.18. The Kier molecular flexibility index (Phi) is 4.53. The molecule has 0 unspecified atom stereocenters. The number of nitrogens with two attached hydrogens (primary N) is 1. The van der Waals surface area contributed by atoms with Crippen LogP contribution in [0.15, 0.2) is 6.20 Å². The fourth-order valence-electron chi connectivity index (χ4n) is 2.77. The van der Waals surface area contributed by atoms with Crippen LogP contribution >= 0.6 is 0 Å². The van der Waals surface area contributed by atoms with E-state index in [1.54, 1.807) is 0 Å². The third kappa shape index (κ3) is 2.80. The lowest BCUT2D eigenvalue weighted by Gasteiger charge is -2.33. The first kappa shape index (κ1) is 13.3. The van der Waals surface area contributed by atoms with Crippen LogP contribution in [0.3, 0.4) is 0 Å². The Morgan fingerprint density at radius 3 is 2.61 bits per heavy atom. The van der Waals surface area contributed by atoms with Crippen molar-refractivity contribution in [3.05, 3.63) is 17.5 Å². The third-order valence-corrected chi connectivity index (χ3v) is 3.90. The molecule has 4 heteroatoms. The van der Waals surface area contributed by atoms with E-state index in [1.807, 2.05) is 13.1 Å². The standard InChI is InChI=1S/C14H24N4/c1-3-18(13-7-5-4-6-8-13)14-16-10-12(9-15)11(2)17-14/h10,13H,3-9,15H2,1-2H3. The maximum Gasteiger partial charge on any atom is 0.225 e. The minimum atomic E-state index is 0.516. The predicted octanol–water partition coefficient (Wildman–Crippen LogP) is 2.40. The van der Waals surface area contributed by atoms with E-state index in [0.29, 0.717) is 12.6 Å². The zero-order valence-electron chi connectivity index (χ0n) is 11.5. The average Bonchev–Trinajstić information content (AvgIpc) is 2.41. The number of anilines is 1. The molecule has 0 aliphatic heterocycles. The Bertz CT molecular complexity index is 385. The van der Waals surface area contributed by atoms with Gasteiger partial charge in [0, 0.05) is 36.6 Å². The molecular weight excluding hydrogens is 224 g/mol. The molecule has 1 aliphatic carbocycles. The summed E-state index contributed by atoms with van der Waals surface area (Å²) in [6, 6.07) is 0.617. The predicted molar refractivity (Wildman–Crippen MR) is 74.6 cm³/mol. The Morgan fingerprint density at radius 2 is 2.06 bits per heavy atom. The van der Waals surface area contributed by atoms with Crippen molar-refractivity contribution in [3.63, 3.8) is 0 Å². The molecule has 4 nitrogen and oxygen atoms in total. The molecule has 2 rings (SSSR count). The van der Waals surface area contributed by atoms with Crippen LogP contribution in [0, 0.1) is 6.92 Å². The van der Waals surface area contributed by atoms with Gasteiger partial charge in [-0.2, -0.15) is 0 Å². The molecule has 18 heavy (non-hydrogen) atoms. The van der Waals surface area contributed by atoms with E-state index in [9.17, 15) is 0 Å². The Hall–Kier alpha value is -1.16. The van der Waals surface area contributed by atoms with Crippen LogP contribution in [0.4, 0.5) is 5.95 Å². The zero-order chi connectivity index (χ0) is 13.0. The summed E-state index contributed by atoms with van der Waals surface area (Å²) in [5.41, 5.74) is 7.71. The molecule has 0 amide bonds. The number of aromatic nitrogens is 2. The monoisotopic (exact) mass is 248 g/mol. The molecule has 1 heterocycles. The summed E-state index contributed by atoms with van der Waals surface area (Å²) in [7, 11) is 0. The molecule has 0 atom stereocenters. The second-order valence-electron chi connectivity index (χ2n) is 5.06. The van der Waals surface area contributed by atoms with Gasteiger partial charge in [0.05, 0.1) is 0 Å². The van der Waals surface area contributed by atoms with Gasteiger partial charge in [-0.05, 0) is 26.7 Å². The lowest BCUT2D eigenvalue weighted by atomic mass is 9.94. The molecule has 0 saturated heterocycles. The first-order valence-electron chi connectivity index (χ1n) is 7.05. The topological polar surface area (TPSA) is 55.0 Å². The summed E-state index contributed by atoms with van der Waals surface area (Å²) in [6.45, 7) is 5.69. The summed E-state index contributed by atoms with van der Waals surface area (Å²) in [5.74, 6) is 0.874. The van der Waals surface area contributed by atoms with E-state index < -0.39 is 0 Å². The fourth-order valence-corrected chi connectivity index (χ4v) is 2.77. The van der Waals surface area contributed by atoms with Crippen LogP contribution in [-0.2, 0) is 6.54 Å². The minimum Gasteiger partial charge on any atom is -0.338 e. The van der Waals surface area contributed by atoms with Gasteiger partial charge in [0.1, 0.15) is 0 Å². The molecule has 1 fully saturated rings. The largest absolute Gasteiger partial charge is 0.338 e. The van der Waals surface area contributed by atoms with Gasteiger partial charge in [0.25, 0.3) is 0 Å². The van der Waals surface area contributed by atoms with Gasteiger partial charge < -0.3 is 10.6 Å². The number of rotatable bonds is 4. The fraction of sp³-hybridized carbons (Fsp3) is 0.714. The Labute approximate surface area is 110 Å². The lowest BCUT2D eigenvalue weighted by Crippen LogP contribution is -2.38. The molecule has 1 aliphatic rings. The van der Waals surface area contributed by atoms with Crippen molar-refractivity contribution >= 4 is 5.95 Å². The number of hydrogen-bond donors (Lipinski definition) is 1. The van der Waals surface area contributed by atoms with E-state index in [2.05, 4.69) is 21.8 Å². The van der Waals surface area contributed by atoms with Gasteiger partial charge in [-0.3, -0.25) is 0 Å². The highest BCUT2D eigenvalue weighted by molar-refractivity contribution is 5.34. The summed E-state index contributed by atoms with van der Waals surface area (Å²) >= 11 is 0. The molecule has 0 bridgehead atoms. The summed E-state index contributed by atoms with van der Waals surface area (Å²) < 4.78 is 0. The smallest absolute Gasteiger partial charge is 0.225 e. The maximum atomic E-state index is 5.66. The van der Waals surface area contributed by atoms with Gasteiger partial charge in [0.15, 0.2) is 0 Å². The van der Waals surface area contributed by atoms with Crippen molar-refractivity contribution in [2.75, 3.05) is 11.4 Å². The Morgan fingerprint density at radius 1 is 1.33 bits per heavy atom. The van der Waals surface area contributed by atoms with Crippen LogP contribution in [0.2, 0.25) is 0 Å². The maximum absolute atomic E-state index is 5.66. The van der Waals surface area contributed by atoms with E-state index >= 15 is 0 Å². The van der Waals surface area contributed by atoms with Crippen molar-refractivity contribution in [2.45, 2.75) is 58.5 Å². The highest BCUT2D eigenvalue weighted by atomic mass is 15.3. The van der Waals surface area contributed by atoms with Crippen LogP contribution in [0.5, 0.6) is 0 Å². The van der Waals surface area contributed by atoms with Crippen molar-refractivity contribution in [1.82, 2.24) is 9.97 Å². The highest BCUT2D eigenvalue weighted by Crippen LogP contribution is 2.25. The van der Waals surface area contributed by atoms with Crippen LogP contribution in [-0.4, -0.2) is 22.6 Å². The van der Waals surface area contributed by atoms with Crippen LogP contribution in [0.1, 0.15) is 50.3 Å². The second kappa shape index (κ2) is 6.14. The molecule has 1 aromatic heterocycles. The van der Waals surface area contributed by atoms with Crippen LogP contribution in [0.25, 0.3) is 0 Å². The molecule has 0 aromatic carbocycles. The van der Waals surface area contributed by atoms with Crippen LogP contribution < -0.4 is 10.6 Å². The number of hydrogen-bond acceptors (Lipinski definition) is 4. The SMILES string of the molecule is CCN(c1ncc(CN)c(C)n1)C1CCCCC1. The normalized spacial score (nSPS) is 16.8. The summed E-state index contributed by atoms with van der Waals surface area (Å²) in [4.78, 5) is 11.5. The first-order chi connectivity index (χ1) is 8.76. The summed E-state index contributed by atoms with van der Waals surface area (Å²) in [5, 5.41) is 0. The van der Waals surface area contributed by atoms with Gasteiger partial charge >= 0.3 is 0 Å². The van der Waals surface area contributed by atoms with Crippen molar-refractivity contribution in [2.24, 2.45) is 5.73 Å². The van der Waals surface area contributed by atoms with Crippen molar-refractivity contribution in [1.29, 1.82) is 0 Å². The molecule has 0 spiro atoms.